The van der Waals surface area contributed by atoms with Crippen LogP contribution in [0.2, 0.25) is 0 Å². The molecule has 4 nitrogen and oxygen atoms in total. The third-order valence-corrected chi connectivity index (χ3v) is 4.46. The summed E-state index contributed by atoms with van der Waals surface area (Å²) >= 11 is 0. The molecule has 2 unspecified atom stereocenters. The molecular formula is C14H26N2O2. The van der Waals surface area contributed by atoms with Crippen molar-refractivity contribution in [2.24, 2.45) is 11.8 Å². The second kappa shape index (κ2) is 5.91. The Morgan fingerprint density at radius 3 is 2.67 bits per heavy atom. The molecule has 2 amide bonds. The van der Waals surface area contributed by atoms with Gasteiger partial charge in [0.25, 0.3) is 0 Å². The molecule has 0 radical (unpaired) electrons. The lowest BCUT2D eigenvalue weighted by Gasteiger charge is -2.36. The molecule has 2 aliphatic carbocycles. The Hall–Kier alpha value is -0.770. The first kappa shape index (κ1) is 13.7. The smallest absolute Gasteiger partial charge is 0.314 e. The van der Waals surface area contributed by atoms with Gasteiger partial charge in [0.1, 0.15) is 0 Å². The first-order valence-corrected chi connectivity index (χ1v) is 7.31. The minimum absolute atomic E-state index is 0.131. The van der Waals surface area contributed by atoms with Crippen molar-refractivity contribution in [3.8, 4) is 0 Å². The number of urea groups is 1. The second-order valence-electron chi connectivity index (χ2n) is 6.28. The second-order valence-corrected chi connectivity index (χ2v) is 6.28. The van der Waals surface area contributed by atoms with Crippen LogP contribution in [0.15, 0.2) is 0 Å². The number of carbonyl (C=O) groups excluding carboxylic acids is 1. The molecule has 2 rings (SSSR count). The minimum atomic E-state index is -0.628. The van der Waals surface area contributed by atoms with E-state index < -0.39 is 5.60 Å². The van der Waals surface area contributed by atoms with Gasteiger partial charge in [0.2, 0.25) is 0 Å². The van der Waals surface area contributed by atoms with Crippen LogP contribution in [0.4, 0.5) is 4.79 Å². The van der Waals surface area contributed by atoms with Crippen molar-refractivity contribution in [1.29, 1.82) is 0 Å². The summed E-state index contributed by atoms with van der Waals surface area (Å²) < 4.78 is 0. The maximum Gasteiger partial charge on any atom is 0.314 e. The van der Waals surface area contributed by atoms with Crippen LogP contribution < -0.4 is 10.6 Å². The van der Waals surface area contributed by atoms with Gasteiger partial charge >= 0.3 is 6.03 Å². The lowest BCUT2D eigenvalue weighted by atomic mass is 9.80. The van der Waals surface area contributed by atoms with Gasteiger partial charge in [0.15, 0.2) is 0 Å². The number of nitrogens with one attached hydrogen (secondary N) is 2. The molecule has 0 saturated heterocycles. The molecule has 2 fully saturated rings. The molecule has 4 heteroatoms. The largest absolute Gasteiger partial charge is 0.388 e. The predicted molar refractivity (Wildman–Crippen MR) is 71.3 cm³/mol. The molecule has 2 aliphatic rings. The minimum Gasteiger partial charge on any atom is -0.388 e. The molecule has 18 heavy (non-hydrogen) atoms. The Morgan fingerprint density at radius 2 is 2.06 bits per heavy atom. The molecule has 0 bridgehead atoms. The molecular weight excluding hydrogens is 228 g/mol. The maximum atomic E-state index is 11.6. The molecule has 2 saturated carbocycles. The highest BCUT2D eigenvalue weighted by Gasteiger charge is 2.34. The number of hydrogen-bond acceptors (Lipinski definition) is 2. The van der Waals surface area contributed by atoms with Crippen molar-refractivity contribution in [2.75, 3.05) is 13.1 Å². The Labute approximate surface area is 110 Å². The van der Waals surface area contributed by atoms with Gasteiger partial charge in [0, 0.05) is 13.1 Å². The van der Waals surface area contributed by atoms with E-state index in [4.69, 9.17) is 0 Å². The fraction of sp³-hybridized carbons (Fsp3) is 0.929. The Balaban J connectivity index is 1.59. The molecule has 0 aromatic carbocycles. The van der Waals surface area contributed by atoms with E-state index in [1.165, 1.54) is 25.7 Å². The van der Waals surface area contributed by atoms with Crippen molar-refractivity contribution in [3.05, 3.63) is 0 Å². The van der Waals surface area contributed by atoms with Crippen LogP contribution in [0.1, 0.15) is 51.9 Å². The van der Waals surface area contributed by atoms with Gasteiger partial charge in [-0.2, -0.15) is 0 Å². The van der Waals surface area contributed by atoms with Gasteiger partial charge < -0.3 is 15.7 Å². The summed E-state index contributed by atoms with van der Waals surface area (Å²) in [5, 5.41) is 15.6. The average molecular weight is 254 g/mol. The number of hydrogen-bond donors (Lipinski definition) is 3. The fourth-order valence-corrected chi connectivity index (χ4v) is 3.05. The summed E-state index contributed by atoms with van der Waals surface area (Å²) in [6, 6.07) is -0.131. The first-order chi connectivity index (χ1) is 8.57. The number of carbonyl (C=O) groups is 1. The van der Waals surface area contributed by atoms with Gasteiger partial charge in [-0.05, 0) is 43.9 Å². The summed E-state index contributed by atoms with van der Waals surface area (Å²) in [6.45, 7) is 3.45. The summed E-state index contributed by atoms with van der Waals surface area (Å²) in [7, 11) is 0. The van der Waals surface area contributed by atoms with Gasteiger partial charge in [-0.1, -0.05) is 19.8 Å². The Bertz CT molecular complexity index is 290. The summed E-state index contributed by atoms with van der Waals surface area (Å²) in [6.07, 6.45) is 7.77. The fourth-order valence-electron chi connectivity index (χ4n) is 3.05. The molecule has 0 aromatic heterocycles. The third kappa shape index (κ3) is 3.87. The van der Waals surface area contributed by atoms with Crippen LogP contribution in [0.3, 0.4) is 0 Å². The van der Waals surface area contributed by atoms with Crippen molar-refractivity contribution in [3.63, 3.8) is 0 Å². The average Bonchev–Trinajstić information content (AvgIpc) is 2.31. The van der Waals surface area contributed by atoms with Crippen LogP contribution in [0.25, 0.3) is 0 Å². The summed E-state index contributed by atoms with van der Waals surface area (Å²) in [4.78, 5) is 11.6. The zero-order chi connectivity index (χ0) is 13.0. The molecule has 0 aliphatic heterocycles. The highest BCUT2D eigenvalue weighted by atomic mass is 16.3. The molecule has 0 aromatic rings. The molecule has 3 N–H and O–H groups in total. The van der Waals surface area contributed by atoms with Crippen molar-refractivity contribution >= 4 is 6.03 Å². The molecule has 0 heterocycles. The zero-order valence-electron chi connectivity index (χ0n) is 11.4. The first-order valence-electron chi connectivity index (χ1n) is 7.31. The van der Waals surface area contributed by atoms with Crippen molar-refractivity contribution in [1.82, 2.24) is 10.6 Å². The van der Waals surface area contributed by atoms with E-state index in [2.05, 4.69) is 17.6 Å². The quantitative estimate of drug-likeness (QED) is 0.719. The van der Waals surface area contributed by atoms with Crippen LogP contribution in [-0.4, -0.2) is 29.8 Å². The molecule has 104 valence electrons. The Morgan fingerprint density at radius 1 is 1.28 bits per heavy atom. The van der Waals surface area contributed by atoms with E-state index in [1.807, 2.05) is 0 Å². The van der Waals surface area contributed by atoms with Crippen molar-refractivity contribution in [2.45, 2.75) is 57.5 Å². The zero-order valence-corrected chi connectivity index (χ0v) is 11.4. The lowest BCUT2D eigenvalue weighted by Crippen LogP contribution is -2.50. The summed E-state index contributed by atoms with van der Waals surface area (Å²) in [5.74, 6) is 1.43. The van der Waals surface area contributed by atoms with E-state index in [0.29, 0.717) is 12.5 Å². The normalized spacial score (nSPS) is 30.3. The Kier molecular flexibility index (Phi) is 4.49. The van der Waals surface area contributed by atoms with Gasteiger partial charge in [0.05, 0.1) is 5.60 Å². The third-order valence-electron chi connectivity index (χ3n) is 4.46. The topological polar surface area (TPSA) is 61.4 Å². The monoisotopic (exact) mass is 254 g/mol. The molecule has 0 spiro atoms. The summed E-state index contributed by atoms with van der Waals surface area (Å²) in [5.41, 5.74) is -0.628. The highest BCUT2D eigenvalue weighted by molar-refractivity contribution is 5.73. The SMILES string of the molecule is CC1CCCC(CNC(=O)NCC2(O)CCC2)C1. The number of amides is 2. The van der Waals surface area contributed by atoms with Crippen LogP contribution >= 0.6 is 0 Å². The number of rotatable bonds is 4. The van der Waals surface area contributed by atoms with E-state index in [9.17, 15) is 9.90 Å². The standard InChI is InChI=1S/C14H26N2O2/c1-11-4-2-5-12(8-11)9-15-13(17)16-10-14(18)6-3-7-14/h11-12,18H,2-10H2,1H3,(H2,15,16,17). The van der Waals surface area contributed by atoms with E-state index >= 15 is 0 Å². The lowest BCUT2D eigenvalue weighted by molar-refractivity contribution is -0.0290. The van der Waals surface area contributed by atoms with Crippen LogP contribution in [-0.2, 0) is 0 Å². The van der Waals surface area contributed by atoms with Gasteiger partial charge in [-0.3, -0.25) is 0 Å². The van der Waals surface area contributed by atoms with E-state index in [1.54, 1.807) is 0 Å². The molecule has 2 atom stereocenters. The number of aliphatic hydroxyl groups is 1. The van der Waals surface area contributed by atoms with E-state index in [-0.39, 0.29) is 6.03 Å². The van der Waals surface area contributed by atoms with Gasteiger partial charge in [-0.15, -0.1) is 0 Å². The van der Waals surface area contributed by atoms with Crippen molar-refractivity contribution < 1.29 is 9.90 Å². The van der Waals surface area contributed by atoms with Gasteiger partial charge in [-0.25, -0.2) is 4.79 Å². The predicted octanol–water partition coefficient (Wildman–Crippen LogP) is 2.03. The highest BCUT2D eigenvalue weighted by Crippen LogP contribution is 2.30. The maximum absolute atomic E-state index is 11.6. The van der Waals surface area contributed by atoms with E-state index in [0.717, 1.165) is 31.7 Å². The van der Waals surface area contributed by atoms with Crippen LogP contribution in [0, 0.1) is 11.8 Å². The van der Waals surface area contributed by atoms with Crippen LogP contribution in [0.5, 0.6) is 0 Å².